The fourth-order valence-corrected chi connectivity index (χ4v) is 1.92. The normalized spacial score (nSPS) is 10.3. The molecule has 0 aliphatic carbocycles. The number of hydrogen-bond acceptors (Lipinski definition) is 4. The molecule has 0 unspecified atom stereocenters. The number of carbonyl (C=O) groups is 1. The Balaban J connectivity index is 2.55. The van der Waals surface area contributed by atoms with Gasteiger partial charge in [0.2, 0.25) is 5.91 Å². The maximum Gasteiger partial charge on any atom is 0.273 e. The predicted octanol–water partition coefficient (Wildman–Crippen LogP) is 1.93. The highest BCUT2D eigenvalue weighted by molar-refractivity contribution is 9.10. The van der Waals surface area contributed by atoms with Crippen molar-refractivity contribution in [3.63, 3.8) is 0 Å². The van der Waals surface area contributed by atoms with Gasteiger partial charge >= 0.3 is 0 Å². The smallest absolute Gasteiger partial charge is 0.273 e. The standard InChI is InChI=1S/C12H16BrN3O3/c1-15(2)12(17)5-6-14-8-9-7-10(13)3-4-11(9)16(18)19/h3-4,7,14H,5-6,8H2,1-2H3. The molecule has 19 heavy (non-hydrogen) atoms. The van der Waals surface area contributed by atoms with Crippen LogP contribution in [0.25, 0.3) is 0 Å². The van der Waals surface area contributed by atoms with Crippen LogP contribution in [-0.2, 0) is 11.3 Å². The highest BCUT2D eigenvalue weighted by Crippen LogP contribution is 2.22. The molecule has 0 atom stereocenters. The molecule has 0 aliphatic rings. The summed E-state index contributed by atoms with van der Waals surface area (Å²) in [5.74, 6) is 0.0243. The molecule has 0 saturated carbocycles. The van der Waals surface area contributed by atoms with Crippen molar-refractivity contribution < 1.29 is 9.72 Å². The zero-order valence-corrected chi connectivity index (χ0v) is 12.4. The molecule has 0 fully saturated rings. The lowest BCUT2D eigenvalue weighted by molar-refractivity contribution is -0.385. The molecule has 0 radical (unpaired) electrons. The molecule has 0 saturated heterocycles. The van der Waals surface area contributed by atoms with E-state index in [-0.39, 0.29) is 11.6 Å². The van der Waals surface area contributed by atoms with Crippen molar-refractivity contribution in [1.82, 2.24) is 10.2 Å². The molecule has 7 heteroatoms. The van der Waals surface area contributed by atoms with Crippen LogP contribution >= 0.6 is 15.9 Å². The first-order valence-corrected chi connectivity index (χ1v) is 6.55. The van der Waals surface area contributed by atoms with Crippen LogP contribution in [0.4, 0.5) is 5.69 Å². The van der Waals surface area contributed by atoms with Crippen LogP contribution in [0.2, 0.25) is 0 Å². The summed E-state index contributed by atoms with van der Waals surface area (Å²) in [6.07, 6.45) is 0.370. The highest BCUT2D eigenvalue weighted by atomic mass is 79.9. The molecule has 1 aromatic carbocycles. The van der Waals surface area contributed by atoms with Crippen molar-refractivity contribution in [3.8, 4) is 0 Å². The van der Waals surface area contributed by atoms with Gasteiger partial charge < -0.3 is 10.2 Å². The number of nitrogens with zero attached hydrogens (tertiary/aromatic N) is 2. The van der Waals surface area contributed by atoms with Crippen LogP contribution in [0, 0.1) is 10.1 Å². The quantitative estimate of drug-likeness (QED) is 0.491. The lowest BCUT2D eigenvalue weighted by Gasteiger charge is -2.10. The summed E-state index contributed by atoms with van der Waals surface area (Å²) < 4.78 is 0.791. The van der Waals surface area contributed by atoms with Crippen molar-refractivity contribution in [2.45, 2.75) is 13.0 Å². The Morgan fingerprint density at radius 3 is 2.74 bits per heavy atom. The first-order valence-electron chi connectivity index (χ1n) is 5.75. The minimum atomic E-state index is -0.408. The van der Waals surface area contributed by atoms with Gasteiger partial charge in [0.05, 0.1) is 4.92 Å². The van der Waals surface area contributed by atoms with Gasteiger partial charge in [0, 0.05) is 49.7 Å². The molecule has 0 spiro atoms. The summed E-state index contributed by atoms with van der Waals surface area (Å²) in [7, 11) is 3.39. The summed E-state index contributed by atoms with van der Waals surface area (Å²) in [4.78, 5) is 23.3. The first kappa shape index (κ1) is 15.6. The monoisotopic (exact) mass is 329 g/mol. The van der Waals surface area contributed by atoms with Gasteiger partial charge in [-0.15, -0.1) is 0 Å². The van der Waals surface area contributed by atoms with E-state index < -0.39 is 4.92 Å². The summed E-state index contributed by atoms with van der Waals surface area (Å²) in [5.41, 5.74) is 0.673. The van der Waals surface area contributed by atoms with Crippen LogP contribution < -0.4 is 5.32 Å². The molecule has 0 bridgehead atoms. The van der Waals surface area contributed by atoms with Crippen LogP contribution in [-0.4, -0.2) is 36.4 Å². The minimum absolute atomic E-state index is 0.0243. The Hall–Kier alpha value is -1.47. The summed E-state index contributed by atoms with van der Waals surface area (Å²) in [6, 6.07) is 4.81. The fraction of sp³-hybridized carbons (Fsp3) is 0.417. The van der Waals surface area contributed by atoms with Crippen molar-refractivity contribution in [3.05, 3.63) is 38.3 Å². The number of nitrogens with one attached hydrogen (secondary N) is 1. The summed E-state index contributed by atoms with van der Waals surface area (Å²) in [5, 5.41) is 13.9. The van der Waals surface area contributed by atoms with Crippen LogP contribution in [0.5, 0.6) is 0 Å². The van der Waals surface area contributed by atoms with Gasteiger partial charge in [-0.25, -0.2) is 0 Å². The van der Waals surface area contributed by atoms with Crippen LogP contribution in [0.3, 0.4) is 0 Å². The third-order valence-electron chi connectivity index (χ3n) is 2.57. The van der Waals surface area contributed by atoms with Gasteiger partial charge in [-0.1, -0.05) is 15.9 Å². The van der Waals surface area contributed by atoms with E-state index in [4.69, 9.17) is 0 Å². The zero-order valence-electron chi connectivity index (χ0n) is 10.9. The second-order valence-corrected chi connectivity index (χ2v) is 5.16. The highest BCUT2D eigenvalue weighted by Gasteiger charge is 2.13. The molecular formula is C12H16BrN3O3. The molecular weight excluding hydrogens is 314 g/mol. The predicted molar refractivity (Wildman–Crippen MR) is 75.8 cm³/mol. The third-order valence-corrected chi connectivity index (χ3v) is 3.06. The van der Waals surface area contributed by atoms with Crippen molar-refractivity contribution in [1.29, 1.82) is 0 Å². The maximum atomic E-state index is 11.4. The third kappa shape index (κ3) is 4.96. The molecule has 0 aliphatic heterocycles. The Morgan fingerprint density at radius 1 is 1.47 bits per heavy atom. The Kier molecular flexibility index (Phi) is 5.91. The number of halogens is 1. The lowest BCUT2D eigenvalue weighted by Crippen LogP contribution is -2.26. The molecule has 1 N–H and O–H groups in total. The molecule has 1 rings (SSSR count). The van der Waals surface area contributed by atoms with Gasteiger partial charge in [0.25, 0.3) is 5.69 Å². The van der Waals surface area contributed by atoms with E-state index in [9.17, 15) is 14.9 Å². The minimum Gasteiger partial charge on any atom is -0.349 e. The molecule has 6 nitrogen and oxygen atoms in total. The second-order valence-electron chi connectivity index (χ2n) is 4.25. The number of nitro groups is 1. The average Bonchev–Trinajstić information content (AvgIpc) is 2.33. The second kappa shape index (κ2) is 7.20. The Morgan fingerprint density at radius 2 is 2.16 bits per heavy atom. The number of benzene rings is 1. The molecule has 104 valence electrons. The van der Waals surface area contributed by atoms with Gasteiger partial charge in [0.1, 0.15) is 0 Å². The molecule has 0 heterocycles. The first-order chi connectivity index (χ1) is 8.91. The Bertz CT molecular complexity index is 477. The van der Waals surface area contributed by atoms with Crippen molar-refractivity contribution in [2.24, 2.45) is 0 Å². The van der Waals surface area contributed by atoms with Crippen molar-refractivity contribution in [2.75, 3.05) is 20.6 Å². The van der Waals surface area contributed by atoms with E-state index >= 15 is 0 Å². The molecule has 1 amide bonds. The zero-order chi connectivity index (χ0) is 14.4. The summed E-state index contributed by atoms with van der Waals surface area (Å²) in [6.45, 7) is 0.844. The van der Waals surface area contributed by atoms with E-state index in [1.807, 2.05) is 0 Å². The Labute approximate surface area is 120 Å². The largest absolute Gasteiger partial charge is 0.349 e. The van der Waals surface area contributed by atoms with E-state index in [0.29, 0.717) is 25.1 Å². The maximum absolute atomic E-state index is 11.4. The van der Waals surface area contributed by atoms with Gasteiger partial charge in [-0.2, -0.15) is 0 Å². The van der Waals surface area contributed by atoms with E-state index in [0.717, 1.165) is 4.47 Å². The number of hydrogen-bond donors (Lipinski definition) is 1. The topological polar surface area (TPSA) is 75.5 Å². The van der Waals surface area contributed by atoms with E-state index in [1.165, 1.54) is 11.0 Å². The van der Waals surface area contributed by atoms with Gasteiger partial charge in [-0.05, 0) is 12.1 Å². The fourth-order valence-electron chi connectivity index (χ4n) is 1.52. The van der Waals surface area contributed by atoms with Gasteiger partial charge in [0.15, 0.2) is 0 Å². The van der Waals surface area contributed by atoms with E-state index in [1.54, 1.807) is 26.2 Å². The lowest BCUT2D eigenvalue weighted by atomic mass is 10.2. The van der Waals surface area contributed by atoms with Gasteiger partial charge in [-0.3, -0.25) is 14.9 Å². The number of nitro benzene ring substituents is 1. The molecule has 1 aromatic rings. The van der Waals surface area contributed by atoms with E-state index in [2.05, 4.69) is 21.2 Å². The number of rotatable bonds is 6. The summed E-state index contributed by atoms with van der Waals surface area (Å²) >= 11 is 3.29. The number of amides is 1. The SMILES string of the molecule is CN(C)C(=O)CCNCc1cc(Br)ccc1[N+](=O)[O-]. The average molecular weight is 330 g/mol. The van der Waals surface area contributed by atoms with Crippen LogP contribution in [0.1, 0.15) is 12.0 Å². The molecule has 0 aromatic heterocycles. The van der Waals surface area contributed by atoms with Crippen molar-refractivity contribution >= 4 is 27.5 Å². The number of carbonyl (C=O) groups excluding carboxylic acids is 1. The van der Waals surface area contributed by atoms with Crippen LogP contribution in [0.15, 0.2) is 22.7 Å².